The van der Waals surface area contributed by atoms with Crippen LogP contribution >= 0.6 is 0 Å². The van der Waals surface area contributed by atoms with Crippen LogP contribution in [-0.4, -0.2) is 97.4 Å². The van der Waals surface area contributed by atoms with E-state index in [0.717, 1.165) is 80.4 Å². The fourth-order valence-electron chi connectivity index (χ4n) is 6.11. The highest BCUT2D eigenvalue weighted by Crippen LogP contribution is 2.38. The van der Waals surface area contributed by atoms with Gasteiger partial charge >= 0.3 is 6.18 Å². The number of allylic oxidation sites excluding steroid dienone is 3. The Bertz CT molecular complexity index is 1390. The normalized spacial score (nSPS) is 25.0. The summed E-state index contributed by atoms with van der Waals surface area (Å²) in [7, 11) is 0. The molecule has 44 heavy (non-hydrogen) atoms. The number of aliphatic imine (C=N–C) groups is 1. The highest BCUT2D eigenvalue weighted by Gasteiger charge is 2.31. The van der Waals surface area contributed by atoms with Gasteiger partial charge in [0.2, 0.25) is 5.95 Å². The highest BCUT2D eigenvalue weighted by molar-refractivity contribution is 5.86. The summed E-state index contributed by atoms with van der Waals surface area (Å²) in [4.78, 5) is 23.4. The van der Waals surface area contributed by atoms with Gasteiger partial charge < -0.3 is 25.2 Å². The van der Waals surface area contributed by atoms with Crippen molar-refractivity contribution in [2.45, 2.75) is 38.9 Å². The topological polar surface area (TPSA) is 86.4 Å². The van der Waals surface area contributed by atoms with Crippen molar-refractivity contribution in [3.63, 3.8) is 0 Å². The summed E-state index contributed by atoms with van der Waals surface area (Å²) >= 11 is 0. The Hall–Kier alpha value is -3.48. The summed E-state index contributed by atoms with van der Waals surface area (Å²) < 4.78 is 43.4. The molecule has 1 atom stereocenters. The molecule has 4 aliphatic heterocycles. The molecule has 236 valence electrons. The van der Waals surface area contributed by atoms with Gasteiger partial charge in [-0.15, -0.1) is 0 Å². The lowest BCUT2D eigenvalue weighted by molar-refractivity contribution is -0.138. The van der Waals surface area contributed by atoms with Gasteiger partial charge in [0, 0.05) is 87.8 Å². The Morgan fingerprint density at radius 3 is 2.41 bits per heavy atom. The molecule has 9 nitrogen and oxygen atoms in total. The minimum Gasteiger partial charge on any atom is -0.387 e. The third kappa shape index (κ3) is 7.24. The van der Waals surface area contributed by atoms with Gasteiger partial charge in [-0.2, -0.15) is 18.2 Å². The maximum Gasteiger partial charge on any atom is 0.390 e. The van der Waals surface area contributed by atoms with Crippen molar-refractivity contribution in [1.29, 1.82) is 0 Å². The highest BCUT2D eigenvalue weighted by atomic mass is 19.4. The summed E-state index contributed by atoms with van der Waals surface area (Å²) in [5.74, 6) is 2.42. The van der Waals surface area contributed by atoms with E-state index in [1.54, 1.807) is 0 Å². The van der Waals surface area contributed by atoms with Gasteiger partial charge in [0.05, 0.1) is 25.3 Å². The zero-order valence-corrected chi connectivity index (χ0v) is 25.3. The van der Waals surface area contributed by atoms with Crippen LogP contribution in [0.15, 0.2) is 47.6 Å². The Morgan fingerprint density at radius 1 is 0.955 bits per heavy atom. The Kier molecular flexibility index (Phi) is 9.20. The molecule has 0 radical (unpaired) electrons. The fourth-order valence-corrected chi connectivity index (χ4v) is 6.11. The molecular weight excluding hydrogens is 569 g/mol. The fraction of sp³-hybridized carbons (Fsp3) is 0.531. The van der Waals surface area contributed by atoms with Crippen molar-refractivity contribution in [3.8, 4) is 0 Å². The Balaban J connectivity index is 1.20. The maximum absolute atomic E-state index is 12.6. The van der Waals surface area contributed by atoms with Crippen LogP contribution in [0.25, 0.3) is 5.57 Å². The van der Waals surface area contributed by atoms with E-state index in [4.69, 9.17) is 20.4 Å². The van der Waals surface area contributed by atoms with E-state index < -0.39 is 12.6 Å². The van der Waals surface area contributed by atoms with Crippen molar-refractivity contribution in [2.75, 3.05) is 75.4 Å². The first-order chi connectivity index (χ1) is 21.2. The van der Waals surface area contributed by atoms with E-state index in [1.165, 1.54) is 5.56 Å². The number of benzene rings is 1. The number of fused-ring (bicyclic) bond motifs is 1. The molecule has 2 aromatic rings. The first-order valence-electron chi connectivity index (χ1n) is 15.6. The maximum atomic E-state index is 12.6. The predicted octanol–water partition coefficient (Wildman–Crippen LogP) is 4.37. The molecule has 12 heteroatoms. The zero-order chi connectivity index (χ0) is 30.7. The molecule has 2 N–H and O–H groups in total. The number of hydrogen-bond donors (Lipinski definition) is 1. The molecule has 0 spiro atoms. The van der Waals surface area contributed by atoms with Crippen LogP contribution in [0.4, 0.5) is 30.6 Å². The number of piperazine rings is 1. The first kappa shape index (κ1) is 30.5. The second kappa shape index (κ2) is 13.3. The molecule has 1 aromatic heterocycles. The molecule has 2 saturated heterocycles. The van der Waals surface area contributed by atoms with Gasteiger partial charge in [0.1, 0.15) is 11.7 Å². The Labute approximate surface area is 256 Å². The Morgan fingerprint density at radius 2 is 1.68 bits per heavy atom. The molecule has 6 rings (SSSR count). The van der Waals surface area contributed by atoms with Crippen LogP contribution in [0.2, 0.25) is 0 Å². The SMILES string of the molecule is CC1C/C=C/C(c2nc(N3CCOCC3)nc3c2CCN3c2ccc(CN3CCN(CCC(F)(F)F)CC3)cc2)=C\N=C/1N. The van der Waals surface area contributed by atoms with Crippen molar-refractivity contribution in [1.82, 2.24) is 19.8 Å². The van der Waals surface area contributed by atoms with Crippen molar-refractivity contribution >= 4 is 28.9 Å². The van der Waals surface area contributed by atoms with E-state index in [-0.39, 0.29) is 12.5 Å². The van der Waals surface area contributed by atoms with Gasteiger partial charge in [-0.3, -0.25) is 4.90 Å². The van der Waals surface area contributed by atoms with E-state index in [2.05, 4.69) is 63.0 Å². The molecule has 0 aliphatic carbocycles. The van der Waals surface area contributed by atoms with Gasteiger partial charge in [0.25, 0.3) is 0 Å². The van der Waals surface area contributed by atoms with Crippen LogP contribution in [0, 0.1) is 5.92 Å². The number of rotatable bonds is 7. The third-order valence-electron chi connectivity index (χ3n) is 8.86. The standard InChI is InChI=1S/C32H41F3N8O/c1-23-3-2-4-25(21-37-29(23)36)28-27-9-11-43(30(27)39-31(38-28)42-17-19-44-20-18-42)26-7-5-24(6-8-26)22-41-15-13-40(14-16-41)12-10-32(33,34)35/h2,4-8,21,23H,3,9-20,22H2,1H3,(H2,36,37)/b4-2+,25-21+. The van der Waals surface area contributed by atoms with Crippen LogP contribution in [0.3, 0.4) is 0 Å². The predicted molar refractivity (Wildman–Crippen MR) is 167 cm³/mol. The van der Waals surface area contributed by atoms with Gasteiger partial charge in [-0.1, -0.05) is 31.2 Å². The van der Waals surface area contributed by atoms with E-state index in [1.807, 2.05) is 11.1 Å². The molecule has 4 aliphatic rings. The minimum absolute atomic E-state index is 0.0793. The number of anilines is 3. The molecule has 1 aromatic carbocycles. The number of alkyl halides is 3. The first-order valence-corrected chi connectivity index (χ1v) is 15.6. The molecule has 5 heterocycles. The number of amidine groups is 1. The van der Waals surface area contributed by atoms with E-state index >= 15 is 0 Å². The monoisotopic (exact) mass is 610 g/mol. The smallest absolute Gasteiger partial charge is 0.387 e. The third-order valence-corrected chi connectivity index (χ3v) is 8.86. The minimum atomic E-state index is -4.10. The molecular formula is C32H41F3N8O. The van der Waals surface area contributed by atoms with Gasteiger partial charge in [-0.05, 0) is 30.5 Å². The summed E-state index contributed by atoms with van der Waals surface area (Å²) in [6.45, 7) is 9.34. The number of nitrogens with two attached hydrogens (primary N) is 1. The number of nitrogens with zero attached hydrogens (tertiary/aromatic N) is 7. The number of ether oxygens (including phenoxy) is 1. The number of hydrogen-bond acceptors (Lipinski definition) is 9. The van der Waals surface area contributed by atoms with Crippen LogP contribution in [0.5, 0.6) is 0 Å². The summed E-state index contributed by atoms with van der Waals surface area (Å²) in [5, 5.41) is 0. The molecule has 0 amide bonds. The summed E-state index contributed by atoms with van der Waals surface area (Å²) in [5.41, 5.74) is 11.4. The quantitative estimate of drug-likeness (QED) is 0.495. The zero-order valence-electron chi connectivity index (χ0n) is 25.3. The second-order valence-corrected chi connectivity index (χ2v) is 12.0. The average molecular weight is 611 g/mol. The molecule has 0 bridgehead atoms. The van der Waals surface area contributed by atoms with Crippen LogP contribution < -0.4 is 15.5 Å². The van der Waals surface area contributed by atoms with Crippen LogP contribution in [0.1, 0.15) is 36.6 Å². The number of morpholine rings is 1. The lowest BCUT2D eigenvalue weighted by atomic mass is 10.0. The lowest BCUT2D eigenvalue weighted by Gasteiger charge is -2.34. The average Bonchev–Trinajstić information content (AvgIpc) is 3.45. The van der Waals surface area contributed by atoms with Gasteiger partial charge in [-0.25, -0.2) is 9.98 Å². The van der Waals surface area contributed by atoms with Crippen molar-refractivity contribution in [3.05, 3.63) is 59.4 Å². The lowest BCUT2D eigenvalue weighted by Crippen LogP contribution is -2.46. The number of aromatic nitrogens is 2. The number of halogens is 3. The largest absolute Gasteiger partial charge is 0.390 e. The second-order valence-electron chi connectivity index (χ2n) is 12.0. The van der Waals surface area contributed by atoms with Gasteiger partial charge in [0.15, 0.2) is 0 Å². The van der Waals surface area contributed by atoms with Crippen molar-refractivity contribution < 1.29 is 17.9 Å². The van der Waals surface area contributed by atoms with Crippen LogP contribution in [-0.2, 0) is 17.7 Å². The van der Waals surface area contributed by atoms with E-state index in [0.29, 0.717) is 38.1 Å². The summed E-state index contributed by atoms with van der Waals surface area (Å²) in [6, 6.07) is 8.57. The summed E-state index contributed by atoms with van der Waals surface area (Å²) in [6.07, 6.45) is 2.88. The molecule has 0 saturated carbocycles. The molecule has 2 fully saturated rings. The molecule has 1 unspecified atom stereocenters. The van der Waals surface area contributed by atoms with Crippen molar-refractivity contribution in [2.24, 2.45) is 16.6 Å². The van der Waals surface area contributed by atoms with E-state index in [9.17, 15) is 13.2 Å².